The summed E-state index contributed by atoms with van der Waals surface area (Å²) in [6, 6.07) is 3.29. The van der Waals surface area contributed by atoms with E-state index in [1.165, 1.54) is 6.07 Å². The summed E-state index contributed by atoms with van der Waals surface area (Å²) < 4.78 is 20.7. The number of hydrogen-bond donors (Lipinski definition) is 0. The molecule has 0 unspecified atom stereocenters. The number of alkyl halides is 3. The molecule has 0 spiro atoms. The normalized spacial score (nSPS) is 14.2. The first kappa shape index (κ1) is 23.3. The first-order valence-electron chi connectivity index (χ1n) is 10.3. The number of nitrogens with zero attached hydrogens (tertiary/aromatic N) is 3. The lowest BCUT2D eigenvalue weighted by atomic mass is 9.86. The number of fused-ring (bicyclic) bond motifs is 2. The van der Waals surface area contributed by atoms with E-state index in [9.17, 15) is 4.79 Å². The maximum absolute atomic E-state index is 15.0. The largest absolute Gasteiger partial charge is 0.422 e. The van der Waals surface area contributed by atoms with Crippen LogP contribution in [0.3, 0.4) is 0 Å². The smallest absolute Gasteiger partial charge is 0.347 e. The van der Waals surface area contributed by atoms with Crippen LogP contribution in [0.4, 0.5) is 4.39 Å². The van der Waals surface area contributed by atoms with Gasteiger partial charge >= 0.3 is 5.97 Å². The molecule has 1 aromatic carbocycles. The molecule has 32 heavy (non-hydrogen) atoms. The van der Waals surface area contributed by atoms with Crippen molar-refractivity contribution in [2.24, 2.45) is 0 Å². The minimum absolute atomic E-state index is 0.0384. The summed E-state index contributed by atoms with van der Waals surface area (Å²) in [4.78, 5) is 17.8. The SMILES string of the molecule is Cc1nc2c(F)cc(C(C)(C)C)cc2c(OC(=O)c2c(C(Cl)(Cl)Cl)nn3c2CCC3)c1C. The first-order valence-corrected chi connectivity index (χ1v) is 11.4. The van der Waals surface area contributed by atoms with Gasteiger partial charge in [0.25, 0.3) is 0 Å². The lowest BCUT2D eigenvalue weighted by Crippen LogP contribution is -2.17. The minimum atomic E-state index is -1.89. The fourth-order valence-electron chi connectivity index (χ4n) is 3.96. The van der Waals surface area contributed by atoms with Crippen molar-refractivity contribution in [3.05, 3.63) is 51.7 Å². The van der Waals surface area contributed by atoms with E-state index in [1.807, 2.05) is 26.8 Å². The third kappa shape index (κ3) is 3.97. The first-order chi connectivity index (χ1) is 14.8. The highest BCUT2D eigenvalue weighted by molar-refractivity contribution is 6.66. The highest BCUT2D eigenvalue weighted by Crippen LogP contribution is 2.42. The van der Waals surface area contributed by atoms with Crippen molar-refractivity contribution in [1.29, 1.82) is 0 Å². The predicted octanol–water partition coefficient (Wildman–Crippen LogP) is 6.48. The van der Waals surface area contributed by atoms with Gasteiger partial charge in [0.1, 0.15) is 28.3 Å². The quantitative estimate of drug-likeness (QED) is 0.300. The molecule has 9 heteroatoms. The molecule has 5 nitrogen and oxygen atoms in total. The van der Waals surface area contributed by atoms with Gasteiger partial charge in [-0.2, -0.15) is 5.10 Å². The number of benzene rings is 1. The van der Waals surface area contributed by atoms with E-state index in [1.54, 1.807) is 18.5 Å². The predicted molar refractivity (Wildman–Crippen MR) is 125 cm³/mol. The fraction of sp³-hybridized carbons (Fsp3) is 0.435. The van der Waals surface area contributed by atoms with Crippen molar-refractivity contribution >= 4 is 51.7 Å². The molecule has 0 fully saturated rings. The molecule has 0 atom stereocenters. The zero-order chi connectivity index (χ0) is 23.6. The maximum atomic E-state index is 15.0. The number of esters is 1. The van der Waals surface area contributed by atoms with Crippen molar-refractivity contribution in [3.8, 4) is 5.75 Å². The highest BCUT2D eigenvalue weighted by atomic mass is 35.6. The van der Waals surface area contributed by atoms with E-state index in [0.717, 1.165) is 12.0 Å². The van der Waals surface area contributed by atoms with Crippen LogP contribution in [-0.2, 0) is 22.2 Å². The van der Waals surface area contributed by atoms with Crippen molar-refractivity contribution in [2.45, 2.75) is 63.2 Å². The van der Waals surface area contributed by atoms with Crippen LogP contribution in [-0.4, -0.2) is 20.7 Å². The van der Waals surface area contributed by atoms with Gasteiger partial charge in [-0.15, -0.1) is 0 Å². The topological polar surface area (TPSA) is 57.0 Å². The van der Waals surface area contributed by atoms with Gasteiger partial charge in [-0.05, 0) is 49.8 Å². The van der Waals surface area contributed by atoms with Gasteiger partial charge in [0.2, 0.25) is 3.79 Å². The number of ether oxygens (including phenoxy) is 1. The molecule has 0 saturated carbocycles. The zero-order valence-electron chi connectivity index (χ0n) is 18.4. The Bertz CT molecular complexity index is 1260. The average molecular weight is 499 g/mol. The second-order valence-corrected chi connectivity index (χ2v) is 11.4. The summed E-state index contributed by atoms with van der Waals surface area (Å²) in [6.07, 6.45) is 1.45. The lowest BCUT2D eigenvalue weighted by Gasteiger charge is -2.21. The van der Waals surface area contributed by atoms with Crippen LogP contribution in [0.5, 0.6) is 5.75 Å². The number of carbonyl (C=O) groups is 1. The standard InChI is InChI=1S/C23H23Cl3FN3O2/c1-11-12(2)28-18-14(9-13(10-15(18)27)22(3,4)5)19(11)32-21(31)17-16-7-6-8-30(16)29-20(17)23(24,25)26/h9-10H,6-8H2,1-5H3. The van der Waals surface area contributed by atoms with Crippen molar-refractivity contribution in [1.82, 2.24) is 14.8 Å². The van der Waals surface area contributed by atoms with Gasteiger partial charge in [-0.1, -0.05) is 55.6 Å². The van der Waals surface area contributed by atoms with E-state index < -0.39 is 15.6 Å². The Morgan fingerprint density at radius 3 is 2.50 bits per heavy atom. The molecule has 170 valence electrons. The number of rotatable bonds is 2. The molecular weight excluding hydrogens is 476 g/mol. The number of carbonyl (C=O) groups excluding carboxylic acids is 1. The van der Waals surface area contributed by atoms with Gasteiger partial charge in [-0.25, -0.2) is 14.2 Å². The summed E-state index contributed by atoms with van der Waals surface area (Å²) in [5.74, 6) is -0.914. The Kier molecular flexibility index (Phi) is 5.71. The van der Waals surface area contributed by atoms with Crippen LogP contribution in [0.2, 0.25) is 0 Å². The zero-order valence-corrected chi connectivity index (χ0v) is 20.7. The summed E-state index contributed by atoms with van der Waals surface area (Å²) in [7, 11) is 0. The molecule has 0 bridgehead atoms. The van der Waals surface area contributed by atoms with Gasteiger partial charge in [-0.3, -0.25) is 4.68 Å². The molecule has 0 radical (unpaired) electrons. The minimum Gasteiger partial charge on any atom is -0.422 e. The van der Waals surface area contributed by atoms with Gasteiger partial charge in [0, 0.05) is 23.2 Å². The van der Waals surface area contributed by atoms with Crippen LogP contribution in [0, 0.1) is 19.7 Å². The van der Waals surface area contributed by atoms with Crippen molar-refractivity contribution < 1.29 is 13.9 Å². The molecule has 0 saturated heterocycles. The second-order valence-electron chi connectivity index (χ2n) is 9.14. The fourth-order valence-corrected chi connectivity index (χ4v) is 4.35. The monoisotopic (exact) mass is 497 g/mol. The van der Waals surface area contributed by atoms with E-state index in [0.29, 0.717) is 35.3 Å². The van der Waals surface area contributed by atoms with E-state index >= 15 is 4.39 Å². The van der Waals surface area contributed by atoms with Crippen LogP contribution in [0.25, 0.3) is 10.9 Å². The summed E-state index contributed by atoms with van der Waals surface area (Å²) >= 11 is 18.3. The average Bonchev–Trinajstić information content (AvgIpc) is 3.26. The summed E-state index contributed by atoms with van der Waals surface area (Å²) in [5, 5.41) is 4.76. The Balaban J connectivity index is 1.90. The van der Waals surface area contributed by atoms with Crippen LogP contribution < -0.4 is 4.74 Å². The van der Waals surface area contributed by atoms with E-state index in [2.05, 4.69) is 10.1 Å². The van der Waals surface area contributed by atoms with Gasteiger partial charge in [0.05, 0.1) is 5.69 Å². The molecule has 1 aliphatic heterocycles. The van der Waals surface area contributed by atoms with Crippen LogP contribution in [0.1, 0.15) is 65.8 Å². The molecule has 0 amide bonds. The molecule has 0 N–H and O–H groups in total. The molecule has 3 aromatic rings. The third-order valence-corrected chi connectivity index (χ3v) is 6.38. The number of halogens is 4. The highest BCUT2D eigenvalue weighted by Gasteiger charge is 2.38. The maximum Gasteiger partial charge on any atom is 0.347 e. The molecule has 1 aliphatic rings. The molecule has 0 aliphatic carbocycles. The van der Waals surface area contributed by atoms with Crippen molar-refractivity contribution in [2.75, 3.05) is 0 Å². The molecular formula is C23H23Cl3FN3O2. The van der Waals surface area contributed by atoms with Crippen LogP contribution in [0.15, 0.2) is 12.1 Å². The number of aromatic nitrogens is 3. The number of aryl methyl sites for hydroxylation is 2. The van der Waals surface area contributed by atoms with E-state index in [4.69, 9.17) is 39.5 Å². The molecule has 4 rings (SSSR count). The van der Waals surface area contributed by atoms with Crippen LogP contribution >= 0.6 is 34.8 Å². The summed E-state index contributed by atoms with van der Waals surface area (Å²) in [5.41, 5.74) is 2.65. The number of hydrogen-bond acceptors (Lipinski definition) is 4. The Morgan fingerprint density at radius 1 is 1.19 bits per heavy atom. The molecule has 3 heterocycles. The van der Waals surface area contributed by atoms with Gasteiger partial charge in [0.15, 0.2) is 0 Å². The van der Waals surface area contributed by atoms with E-state index in [-0.39, 0.29) is 27.9 Å². The Morgan fingerprint density at radius 2 is 1.88 bits per heavy atom. The Labute approximate surface area is 200 Å². The third-order valence-electron chi connectivity index (χ3n) is 5.85. The number of pyridine rings is 1. The molecule has 2 aromatic heterocycles. The summed E-state index contributed by atoms with van der Waals surface area (Å²) in [6.45, 7) is 10.1. The van der Waals surface area contributed by atoms with Gasteiger partial charge < -0.3 is 4.74 Å². The Hall–Kier alpha value is -1.89. The van der Waals surface area contributed by atoms with Crippen molar-refractivity contribution in [3.63, 3.8) is 0 Å². The lowest BCUT2D eigenvalue weighted by molar-refractivity contribution is 0.0733. The second kappa shape index (κ2) is 7.86.